The molecule has 0 aliphatic carbocycles. The Morgan fingerprint density at radius 1 is 1.25 bits per heavy atom. The van der Waals surface area contributed by atoms with Crippen LogP contribution >= 0.6 is 0 Å². The maximum Gasteiger partial charge on any atom is 0.224 e. The minimum atomic E-state index is -0.372. The average Bonchev–Trinajstić information content (AvgIpc) is 3.09. The number of anilines is 2. The molecule has 1 N–H and O–H groups in total. The van der Waals surface area contributed by atoms with Gasteiger partial charge in [-0.15, -0.1) is 0 Å². The molecular weight excluding hydrogens is 357 g/mol. The van der Waals surface area contributed by atoms with E-state index in [-0.39, 0.29) is 23.8 Å². The Balaban J connectivity index is 1.77. The van der Waals surface area contributed by atoms with Crippen LogP contribution in [0.15, 0.2) is 49.1 Å². The summed E-state index contributed by atoms with van der Waals surface area (Å²) in [6.07, 6.45) is 5.65. The molecule has 1 aromatic carbocycles. The van der Waals surface area contributed by atoms with E-state index in [9.17, 15) is 9.18 Å². The number of fused-ring (bicyclic) bond motifs is 1. The second kappa shape index (κ2) is 7.07. The first-order valence-corrected chi connectivity index (χ1v) is 9.25. The van der Waals surface area contributed by atoms with Gasteiger partial charge < -0.3 is 14.8 Å². The number of hydrogen-bond acceptors (Lipinski definition) is 4. The van der Waals surface area contributed by atoms with E-state index >= 15 is 0 Å². The van der Waals surface area contributed by atoms with Crippen molar-refractivity contribution in [3.05, 3.63) is 66.1 Å². The van der Waals surface area contributed by atoms with Gasteiger partial charge in [0.15, 0.2) is 0 Å². The number of nitrogens with zero attached hydrogens (tertiary/aromatic N) is 4. The lowest BCUT2D eigenvalue weighted by atomic mass is 9.91. The van der Waals surface area contributed by atoms with Crippen molar-refractivity contribution in [2.75, 3.05) is 10.2 Å². The van der Waals surface area contributed by atoms with E-state index in [0.29, 0.717) is 5.82 Å². The van der Waals surface area contributed by atoms with Crippen LogP contribution in [0.1, 0.15) is 37.6 Å². The number of carbonyl (C=O) groups is 1. The SMILES string of the molecule is CC(=O)N1c2ccc(-n3cnc(C)c3)cc2[C@@H](Nc2ccc(F)cn2)C[C@H]1C. The van der Waals surface area contributed by atoms with E-state index in [2.05, 4.69) is 21.4 Å². The Morgan fingerprint density at radius 3 is 2.71 bits per heavy atom. The Bertz CT molecular complexity index is 1010. The van der Waals surface area contributed by atoms with Crippen molar-refractivity contribution in [1.82, 2.24) is 14.5 Å². The molecule has 7 heteroatoms. The molecule has 1 amide bonds. The van der Waals surface area contributed by atoms with Crippen LogP contribution in [0, 0.1) is 12.7 Å². The molecule has 6 nitrogen and oxygen atoms in total. The maximum atomic E-state index is 13.2. The van der Waals surface area contributed by atoms with Crippen molar-refractivity contribution in [3.8, 4) is 5.69 Å². The normalized spacial score (nSPS) is 18.6. The molecule has 3 heterocycles. The molecule has 0 fully saturated rings. The van der Waals surface area contributed by atoms with Gasteiger partial charge in [-0.2, -0.15) is 0 Å². The van der Waals surface area contributed by atoms with Gasteiger partial charge >= 0.3 is 0 Å². The quantitative estimate of drug-likeness (QED) is 0.747. The van der Waals surface area contributed by atoms with Crippen molar-refractivity contribution >= 4 is 17.4 Å². The summed E-state index contributed by atoms with van der Waals surface area (Å²) >= 11 is 0. The number of amides is 1. The van der Waals surface area contributed by atoms with Gasteiger partial charge in [0.1, 0.15) is 11.6 Å². The summed E-state index contributed by atoms with van der Waals surface area (Å²) < 4.78 is 15.2. The van der Waals surface area contributed by atoms with Crippen LogP contribution in [-0.4, -0.2) is 26.5 Å². The molecule has 144 valence electrons. The van der Waals surface area contributed by atoms with Crippen LogP contribution in [0.3, 0.4) is 0 Å². The fraction of sp³-hybridized carbons (Fsp3) is 0.286. The van der Waals surface area contributed by atoms with Crippen LogP contribution in [0.25, 0.3) is 5.69 Å². The summed E-state index contributed by atoms with van der Waals surface area (Å²) in [6.45, 7) is 5.56. The summed E-state index contributed by atoms with van der Waals surface area (Å²) in [6, 6.07) is 9.02. The van der Waals surface area contributed by atoms with Crippen LogP contribution in [0.4, 0.5) is 15.9 Å². The van der Waals surface area contributed by atoms with Crippen LogP contribution in [0.2, 0.25) is 0 Å². The van der Waals surface area contributed by atoms with Gasteiger partial charge in [0, 0.05) is 36.1 Å². The molecule has 3 aromatic rings. The zero-order chi connectivity index (χ0) is 19.8. The highest BCUT2D eigenvalue weighted by Gasteiger charge is 2.32. The lowest BCUT2D eigenvalue weighted by Gasteiger charge is -2.39. The number of aromatic nitrogens is 3. The Hall–Kier alpha value is -3.22. The number of benzene rings is 1. The molecular formula is C21H22FN5O. The Kier molecular flexibility index (Phi) is 4.58. The predicted octanol–water partition coefficient (Wildman–Crippen LogP) is 4.01. The van der Waals surface area contributed by atoms with Gasteiger partial charge in [-0.1, -0.05) is 0 Å². The summed E-state index contributed by atoms with van der Waals surface area (Å²) in [7, 11) is 0. The molecule has 0 unspecified atom stereocenters. The molecule has 4 rings (SSSR count). The monoisotopic (exact) mass is 379 g/mol. The molecule has 2 aromatic heterocycles. The van der Waals surface area contributed by atoms with Gasteiger partial charge in [0.25, 0.3) is 0 Å². The van der Waals surface area contributed by atoms with Crippen LogP contribution in [-0.2, 0) is 4.79 Å². The van der Waals surface area contributed by atoms with Crippen LogP contribution in [0.5, 0.6) is 0 Å². The van der Waals surface area contributed by atoms with Gasteiger partial charge in [-0.3, -0.25) is 4.79 Å². The van der Waals surface area contributed by atoms with E-state index in [4.69, 9.17) is 0 Å². The molecule has 1 aliphatic rings. The van der Waals surface area contributed by atoms with E-state index in [1.165, 1.54) is 12.3 Å². The molecule has 0 bridgehead atoms. The number of halogens is 1. The molecule has 2 atom stereocenters. The largest absolute Gasteiger partial charge is 0.363 e. The number of hydrogen-bond donors (Lipinski definition) is 1. The summed E-state index contributed by atoms with van der Waals surface area (Å²) in [5.74, 6) is 0.242. The fourth-order valence-corrected chi connectivity index (χ4v) is 3.83. The molecule has 0 spiro atoms. The number of pyridine rings is 1. The van der Waals surface area contributed by atoms with Crippen molar-refractivity contribution in [2.45, 2.75) is 39.3 Å². The third-order valence-corrected chi connectivity index (χ3v) is 5.06. The highest BCUT2D eigenvalue weighted by molar-refractivity contribution is 5.94. The number of rotatable bonds is 3. The van der Waals surface area contributed by atoms with E-state index in [1.807, 2.05) is 41.6 Å². The van der Waals surface area contributed by atoms with E-state index < -0.39 is 0 Å². The van der Waals surface area contributed by atoms with Gasteiger partial charge in [0.05, 0.1) is 24.3 Å². The third-order valence-electron chi connectivity index (χ3n) is 5.06. The summed E-state index contributed by atoms with van der Waals surface area (Å²) in [5, 5.41) is 3.40. The highest BCUT2D eigenvalue weighted by Crippen LogP contribution is 2.40. The Morgan fingerprint density at radius 2 is 2.07 bits per heavy atom. The highest BCUT2D eigenvalue weighted by atomic mass is 19.1. The van der Waals surface area contributed by atoms with Crippen LogP contribution < -0.4 is 10.2 Å². The standard InChI is InChI=1S/C21H22FN5O/c1-13-11-26(12-24-13)17-5-6-20-18(9-17)19(8-14(2)27(20)15(3)28)25-21-7-4-16(22)10-23-21/h4-7,9-12,14,19H,8H2,1-3H3,(H,23,25)/t14-,19+/m1/s1. The maximum absolute atomic E-state index is 13.2. The van der Waals surface area contributed by atoms with Crippen molar-refractivity contribution < 1.29 is 9.18 Å². The zero-order valence-corrected chi connectivity index (χ0v) is 16.1. The molecule has 0 radical (unpaired) electrons. The van der Waals surface area contributed by atoms with E-state index in [1.54, 1.807) is 19.3 Å². The van der Waals surface area contributed by atoms with Crippen molar-refractivity contribution in [1.29, 1.82) is 0 Å². The average molecular weight is 379 g/mol. The lowest BCUT2D eigenvalue weighted by Crippen LogP contribution is -2.43. The predicted molar refractivity (Wildman–Crippen MR) is 106 cm³/mol. The number of nitrogens with one attached hydrogen (secondary N) is 1. The molecule has 0 saturated heterocycles. The van der Waals surface area contributed by atoms with Crippen molar-refractivity contribution in [2.24, 2.45) is 0 Å². The zero-order valence-electron chi connectivity index (χ0n) is 16.1. The lowest BCUT2D eigenvalue weighted by molar-refractivity contribution is -0.117. The van der Waals surface area contributed by atoms with Crippen molar-refractivity contribution in [3.63, 3.8) is 0 Å². The second-order valence-corrected chi connectivity index (χ2v) is 7.20. The molecule has 1 aliphatic heterocycles. The number of aryl methyl sites for hydroxylation is 1. The van der Waals surface area contributed by atoms with Gasteiger partial charge in [-0.05, 0) is 50.6 Å². The number of carbonyl (C=O) groups excluding carboxylic acids is 1. The fourth-order valence-electron chi connectivity index (χ4n) is 3.83. The first-order valence-electron chi connectivity index (χ1n) is 9.25. The minimum Gasteiger partial charge on any atom is -0.363 e. The second-order valence-electron chi connectivity index (χ2n) is 7.20. The summed E-state index contributed by atoms with van der Waals surface area (Å²) in [5.41, 5.74) is 3.79. The Labute approximate surface area is 163 Å². The molecule has 0 saturated carbocycles. The van der Waals surface area contributed by atoms with E-state index in [0.717, 1.165) is 29.1 Å². The number of imidazole rings is 1. The third kappa shape index (κ3) is 3.35. The minimum absolute atomic E-state index is 0.0123. The first kappa shape index (κ1) is 18.2. The molecule has 28 heavy (non-hydrogen) atoms. The first-order chi connectivity index (χ1) is 13.4. The topological polar surface area (TPSA) is 63.1 Å². The smallest absolute Gasteiger partial charge is 0.224 e. The van der Waals surface area contributed by atoms with Gasteiger partial charge in [-0.25, -0.2) is 14.4 Å². The van der Waals surface area contributed by atoms with Gasteiger partial charge in [0.2, 0.25) is 5.91 Å². The summed E-state index contributed by atoms with van der Waals surface area (Å²) in [4.78, 5) is 22.5.